The Kier molecular flexibility index (Phi) is 4.12. The number of rotatable bonds is 0. The van der Waals surface area contributed by atoms with Crippen LogP contribution in [-0.4, -0.2) is 38.2 Å². The summed E-state index contributed by atoms with van der Waals surface area (Å²) < 4.78 is 35.7. The smallest absolute Gasteiger partial charge is 0.410 e. The minimum Gasteiger partial charge on any atom is -0.444 e. The third-order valence-corrected chi connectivity index (χ3v) is 4.50. The average Bonchev–Trinajstić information content (AvgIpc) is 2.74. The van der Waals surface area contributed by atoms with E-state index in [9.17, 15) is 18.4 Å². The summed E-state index contributed by atoms with van der Waals surface area (Å²) in [5, 5.41) is 4.25. The van der Waals surface area contributed by atoms with Gasteiger partial charge in [-0.3, -0.25) is 9.48 Å². The van der Waals surface area contributed by atoms with Crippen LogP contribution in [0.3, 0.4) is 0 Å². The second-order valence-corrected chi connectivity index (χ2v) is 7.84. The second kappa shape index (κ2) is 5.78. The molecule has 0 saturated carbocycles. The Bertz CT molecular complexity index is 721. The molecule has 0 bridgehead atoms. The van der Waals surface area contributed by atoms with Crippen molar-refractivity contribution in [3.8, 4) is 0 Å². The van der Waals surface area contributed by atoms with Crippen molar-refractivity contribution in [3.05, 3.63) is 17.0 Å². The van der Waals surface area contributed by atoms with Crippen LogP contribution in [-0.2, 0) is 35.0 Å². The predicted octanol–water partition coefficient (Wildman–Crippen LogP) is 3.02. The van der Waals surface area contributed by atoms with Gasteiger partial charge in [0.2, 0.25) is 0 Å². The first-order chi connectivity index (χ1) is 11.5. The zero-order valence-electron chi connectivity index (χ0n) is 14.9. The number of halogens is 2. The van der Waals surface area contributed by atoms with E-state index in [4.69, 9.17) is 4.74 Å². The minimum atomic E-state index is -3.13. The largest absolute Gasteiger partial charge is 0.444 e. The Hall–Kier alpha value is -1.99. The number of nitrogens with zero attached hydrogens (tertiary/aromatic N) is 3. The quantitative estimate of drug-likeness (QED) is 0.718. The van der Waals surface area contributed by atoms with Crippen molar-refractivity contribution in [1.29, 1.82) is 0 Å². The molecule has 0 radical (unpaired) electrons. The summed E-state index contributed by atoms with van der Waals surface area (Å²) in [5.74, 6) is -3.39. The molecule has 8 heteroatoms. The van der Waals surface area contributed by atoms with Crippen LogP contribution in [0.5, 0.6) is 0 Å². The van der Waals surface area contributed by atoms with Crippen LogP contribution < -0.4 is 0 Å². The monoisotopic (exact) mass is 355 g/mol. The van der Waals surface area contributed by atoms with Crippen LogP contribution >= 0.6 is 0 Å². The molecule has 3 rings (SSSR count). The summed E-state index contributed by atoms with van der Waals surface area (Å²) in [6, 6.07) is -0.217. The van der Waals surface area contributed by atoms with Gasteiger partial charge in [0, 0.05) is 30.9 Å². The molecule has 1 amide bonds. The minimum absolute atomic E-state index is 0.0184. The Labute approximate surface area is 145 Å². The third-order valence-electron chi connectivity index (χ3n) is 4.50. The Morgan fingerprint density at radius 3 is 2.64 bits per heavy atom. The summed E-state index contributed by atoms with van der Waals surface area (Å²) in [7, 11) is 0. The Morgan fingerprint density at radius 1 is 1.32 bits per heavy atom. The number of carbonyl (C=O) groups excluding carboxylic acids is 2. The number of Topliss-reactive ketones (excluding diaryl/α,β-unsaturated/α-hetero) is 1. The van der Waals surface area contributed by atoms with Crippen LogP contribution in [0.4, 0.5) is 13.6 Å². The SMILES string of the molecule is C[C@@H]1Cc2nn3c(c2CN1C(=O)OC(C)(C)C)C(F)(F)CCC(=O)C3. The van der Waals surface area contributed by atoms with E-state index < -0.39 is 24.0 Å². The summed E-state index contributed by atoms with van der Waals surface area (Å²) in [6.07, 6.45) is -0.860. The van der Waals surface area contributed by atoms with Crippen LogP contribution in [0.15, 0.2) is 0 Å². The van der Waals surface area contributed by atoms with E-state index in [2.05, 4.69) is 5.10 Å². The van der Waals surface area contributed by atoms with Gasteiger partial charge in [0.25, 0.3) is 5.92 Å². The van der Waals surface area contributed by atoms with E-state index in [0.717, 1.165) is 4.68 Å². The number of hydrogen-bond acceptors (Lipinski definition) is 4. The topological polar surface area (TPSA) is 64.4 Å². The number of fused-ring (bicyclic) bond motifs is 3. The summed E-state index contributed by atoms with van der Waals surface area (Å²) in [5.41, 5.74) is -0.00208. The van der Waals surface area contributed by atoms with E-state index in [1.54, 1.807) is 20.8 Å². The molecular weight excluding hydrogens is 332 g/mol. The number of carbonyl (C=O) groups is 2. The fraction of sp³-hybridized carbons (Fsp3) is 0.706. The van der Waals surface area contributed by atoms with Crippen LogP contribution in [0.2, 0.25) is 0 Å². The van der Waals surface area contributed by atoms with Gasteiger partial charge in [0.15, 0.2) is 5.78 Å². The lowest BCUT2D eigenvalue weighted by Crippen LogP contribution is -2.45. The highest BCUT2D eigenvalue weighted by atomic mass is 19.3. The van der Waals surface area contributed by atoms with Crippen molar-refractivity contribution in [2.75, 3.05) is 0 Å². The fourth-order valence-corrected chi connectivity index (χ4v) is 3.34. The molecule has 25 heavy (non-hydrogen) atoms. The highest BCUT2D eigenvalue weighted by molar-refractivity contribution is 5.79. The molecule has 0 aliphatic carbocycles. The standard InChI is InChI=1S/C17H23F2N3O3/c1-10-7-13-12(9-21(10)15(24)25-16(2,3)4)14-17(18,19)6-5-11(23)8-22(14)20-13/h10H,5-9H2,1-4H3/t10-/m1/s1. The molecule has 0 saturated heterocycles. The lowest BCUT2D eigenvalue weighted by molar-refractivity contribution is -0.120. The zero-order valence-corrected chi connectivity index (χ0v) is 14.9. The van der Waals surface area contributed by atoms with Gasteiger partial charge in [-0.25, -0.2) is 4.79 Å². The number of aromatic nitrogens is 2. The van der Waals surface area contributed by atoms with Crippen LogP contribution in [0.1, 0.15) is 57.5 Å². The van der Waals surface area contributed by atoms with E-state index in [1.165, 1.54) is 4.90 Å². The van der Waals surface area contributed by atoms with Gasteiger partial charge in [-0.1, -0.05) is 0 Å². The molecule has 138 valence electrons. The Balaban J connectivity index is 1.97. The molecular formula is C17H23F2N3O3. The molecule has 3 heterocycles. The highest BCUT2D eigenvalue weighted by Crippen LogP contribution is 2.40. The van der Waals surface area contributed by atoms with Gasteiger partial charge < -0.3 is 9.64 Å². The molecule has 2 aliphatic heterocycles. The van der Waals surface area contributed by atoms with E-state index in [1.807, 2.05) is 6.92 Å². The molecule has 1 aromatic rings. The third kappa shape index (κ3) is 3.39. The lowest BCUT2D eigenvalue weighted by Gasteiger charge is -2.35. The van der Waals surface area contributed by atoms with E-state index in [-0.39, 0.29) is 37.0 Å². The number of alkyl halides is 2. The van der Waals surface area contributed by atoms with Gasteiger partial charge in [0.05, 0.1) is 12.2 Å². The van der Waals surface area contributed by atoms with Crippen molar-refractivity contribution in [2.45, 2.75) is 77.6 Å². The molecule has 1 atom stereocenters. The van der Waals surface area contributed by atoms with Gasteiger partial charge in [-0.15, -0.1) is 0 Å². The summed E-state index contributed by atoms with van der Waals surface area (Å²) in [6.45, 7) is 6.99. The first-order valence-corrected chi connectivity index (χ1v) is 8.46. The van der Waals surface area contributed by atoms with Gasteiger partial charge >= 0.3 is 6.09 Å². The van der Waals surface area contributed by atoms with E-state index >= 15 is 0 Å². The average molecular weight is 355 g/mol. The normalized spacial score (nSPS) is 22.9. The molecule has 0 fully saturated rings. The maximum absolute atomic E-state index is 14.6. The first kappa shape index (κ1) is 17.8. The second-order valence-electron chi connectivity index (χ2n) is 7.84. The van der Waals surface area contributed by atoms with Gasteiger partial charge in [-0.2, -0.15) is 13.9 Å². The molecule has 0 unspecified atom stereocenters. The summed E-state index contributed by atoms with van der Waals surface area (Å²) in [4.78, 5) is 25.7. The van der Waals surface area contributed by atoms with Crippen LogP contribution in [0.25, 0.3) is 0 Å². The molecule has 0 N–H and O–H groups in total. The van der Waals surface area contributed by atoms with Crippen molar-refractivity contribution in [3.63, 3.8) is 0 Å². The lowest BCUT2D eigenvalue weighted by atomic mass is 9.96. The van der Waals surface area contributed by atoms with E-state index in [0.29, 0.717) is 17.7 Å². The van der Waals surface area contributed by atoms with Crippen molar-refractivity contribution < 1.29 is 23.1 Å². The van der Waals surface area contributed by atoms with Crippen molar-refractivity contribution >= 4 is 11.9 Å². The number of amides is 1. The maximum atomic E-state index is 14.6. The van der Waals surface area contributed by atoms with Crippen molar-refractivity contribution in [1.82, 2.24) is 14.7 Å². The van der Waals surface area contributed by atoms with Crippen LogP contribution in [0, 0.1) is 0 Å². The van der Waals surface area contributed by atoms with Gasteiger partial charge in [-0.05, 0) is 27.7 Å². The number of ether oxygens (including phenoxy) is 1. The number of hydrogen-bond donors (Lipinski definition) is 0. The first-order valence-electron chi connectivity index (χ1n) is 8.46. The Morgan fingerprint density at radius 2 is 2.00 bits per heavy atom. The molecule has 2 aliphatic rings. The molecule has 0 spiro atoms. The fourth-order valence-electron chi connectivity index (χ4n) is 3.34. The predicted molar refractivity (Wildman–Crippen MR) is 85.3 cm³/mol. The molecule has 1 aromatic heterocycles. The maximum Gasteiger partial charge on any atom is 0.410 e. The van der Waals surface area contributed by atoms with Gasteiger partial charge in [0.1, 0.15) is 17.8 Å². The summed E-state index contributed by atoms with van der Waals surface area (Å²) >= 11 is 0. The molecule has 0 aromatic carbocycles. The zero-order chi connectivity index (χ0) is 18.6. The number of ketones is 1. The molecule has 6 nitrogen and oxygen atoms in total. The highest BCUT2D eigenvalue weighted by Gasteiger charge is 2.44. The van der Waals surface area contributed by atoms with Crippen molar-refractivity contribution in [2.24, 2.45) is 0 Å².